The van der Waals surface area contributed by atoms with Crippen molar-refractivity contribution in [2.24, 2.45) is 0 Å². The standard InChI is InChI=1S/C35H45N5O5/c1-4-36-34(45)37-20-27-10-5-7-11-29(27)25-15-13-24(14-16-25)22-40-31-12-8-6-9-26(31)17-18-30(33(40)44)39-32(43)19-35(2,3)38-21-28(42)23-41/h5-16,28,30,38,41-42H,4,17-23H2,1-3H3,(H,39,43)(H2,36,37,45)/t28-,30+/m0/s1. The molecule has 4 rings (SSSR count). The number of rotatable bonds is 13. The second-order valence-electron chi connectivity index (χ2n) is 12.1. The van der Waals surface area contributed by atoms with Crippen LogP contribution in [0.2, 0.25) is 0 Å². The van der Waals surface area contributed by atoms with Gasteiger partial charge < -0.3 is 36.4 Å². The molecule has 4 amide bonds. The molecule has 1 aliphatic heterocycles. The van der Waals surface area contributed by atoms with Gasteiger partial charge in [0, 0.05) is 37.3 Å². The molecule has 0 fully saturated rings. The Bertz CT molecular complexity index is 1460. The second kappa shape index (κ2) is 15.7. The van der Waals surface area contributed by atoms with Gasteiger partial charge in [0.05, 0.1) is 19.3 Å². The van der Waals surface area contributed by atoms with Gasteiger partial charge in [-0.2, -0.15) is 0 Å². The molecule has 1 aliphatic rings. The summed E-state index contributed by atoms with van der Waals surface area (Å²) in [6, 6.07) is 22.9. The number of benzene rings is 3. The molecule has 3 aromatic carbocycles. The van der Waals surface area contributed by atoms with E-state index in [1.807, 2.05) is 93.6 Å². The number of fused-ring (bicyclic) bond motifs is 1. The highest BCUT2D eigenvalue weighted by Crippen LogP contribution is 2.30. The van der Waals surface area contributed by atoms with Crippen molar-refractivity contribution in [2.45, 2.75) is 70.8 Å². The van der Waals surface area contributed by atoms with Crippen LogP contribution in [-0.4, -0.2) is 65.4 Å². The summed E-state index contributed by atoms with van der Waals surface area (Å²) in [5.74, 6) is -0.430. The third-order valence-corrected chi connectivity index (χ3v) is 7.91. The first kappa shape index (κ1) is 33.6. The van der Waals surface area contributed by atoms with E-state index >= 15 is 0 Å². The Morgan fingerprint density at radius 2 is 1.71 bits per heavy atom. The number of nitrogens with one attached hydrogen (secondary N) is 4. The Kier molecular flexibility index (Phi) is 11.7. The van der Waals surface area contributed by atoms with E-state index in [-0.39, 0.29) is 37.4 Å². The lowest BCUT2D eigenvalue weighted by Crippen LogP contribution is -2.51. The maximum atomic E-state index is 14.0. The van der Waals surface area contributed by atoms with E-state index < -0.39 is 17.7 Å². The molecule has 0 radical (unpaired) electrons. The number of urea groups is 1. The van der Waals surface area contributed by atoms with Crippen molar-refractivity contribution in [2.75, 3.05) is 24.6 Å². The molecule has 0 aromatic heterocycles. The van der Waals surface area contributed by atoms with Gasteiger partial charge in [0.2, 0.25) is 11.8 Å². The van der Waals surface area contributed by atoms with E-state index in [4.69, 9.17) is 5.11 Å². The summed E-state index contributed by atoms with van der Waals surface area (Å²) < 4.78 is 0. The van der Waals surface area contributed by atoms with Crippen LogP contribution in [0.4, 0.5) is 10.5 Å². The molecule has 45 heavy (non-hydrogen) atoms. The normalized spacial score (nSPS) is 15.5. The lowest BCUT2D eigenvalue weighted by molar-refractivity contribution is -0.128. The van der Waals surface area contributed by atoms with E-state index in [2.05, 4.69) is 21.3 Å². The van der Waals surface area contributed by atoms with Gasteiger partial charge in [0.15, 0.2) is 0 Å². The minimum Gasteiger partial charge on any atom is -0.394 e. The summed E-state index contributed by atoms with van der Waals surface area (Å²) in [5.41, 5.74) is 5.20. The lowest BCUT2D eigenvalue weighted by atomic mass is 9.98. The van der Waals surface area contributed by atoms with Gasteiger partial charge in [-0.3, -0.25) is 9.59 Å². The smallest absolute Gasteiger partial charge is 0.315 e. The van der Waals surface area contributed by atoms with Gasteiger partial charge in [-0.15, -0.1) is 0 Å². The number of nitrogens with zero attached hydrogens (tertiary/aromatic N) is 1. The van der Waals surface area contributed by atoms with Crippen molar-refractivity contribution in [3.8, 4) is 11.1 Å². The van der Waals surface area contributed by atoms with Crippen molar-refractivity contribution in [3.63, 3.8) is 0 Å². The zero-order valence-corrected chi connectivity index (χ0v) is 26.3. The molecule has 6 N–H and O–H groups in total. The Balaban J connectivity index is 1.49. The molecule has 0 saturated carbocycles. The second-order valence-corrected chi connectivity index (χ2v) is 12.1. The number of aliphatic hydroxyl groups excluding tert-OH is 2. The van der Waals surface area contributed by atoms with Crippen molar-refractivity contribution >= 4 is 23.5 Å². The number of para-hydroxylation sites is 1. The molecular weight excluding hydrogens is 570 g/mol. The number of amides is 4. The van der Waals surface area contributed by atoms with Crippen LogP contribution >= 0.6 is 0 Å². The predicted octanol–water partition coefficient (Wildman–Crippen LogP) is 3.25. The van der Waals surface area contributed by atoms with Crippen LogP contribution in [0.15, 0.2) is 72.8 Å². The summed E-state index contributed by atoms with van der Waals surface area (Å²) >= 11 is 0. The van der Waals surface area contributed by atoms with Crippen LogP contribution in [0.25, 0.3) is 11.1 Å². The third kappa shape index (κ3) is 9.37. The number of hydrogen-bond donors (Lipinski definition) is 6. The zero-order chi connectivity index (χ0) is 32.4. The fourth-order valence-electron chi connectivity index (χ4n) is 5.51. The highest BCUT2D eigenvalue weighted by Gasteiger charge is 2.32. The van der Waals surface area contributed by atoms with Crippen LogP contribution in [0, 0.1) is 0 Å². The van der Waals surface area contributed by atoms with E-state index in [1.165, 1.54) is 0 Å². The molecular formula is C35H45N5O5. The molecule has 0 unspecified atom stereocenters. The first-order valence-electron chi connectivity index (χ1n) is 15.5. The average molecular weight is 616 g/mol. The van der Waals surface area contributed by atoms with E-state index in [0.717, 1.165) is 33.5 Å². The minimum absolute atomic E-state index is 0.101. The summed E-state index contributed by atoms with van der Waals surface area (Å²) in [7, 11) is 0. The highest BCUT2D eigenvalue weighted by atomic mass is 16.3. The number of β-amino-alcohol motifs (C(OH)–C–C–N with tert-alkyl or cyclic N) is 1. The monoisotopic (exact) mass is 615 g/mol. The van der Waals surface area contributed by atoms with Crippen LogP contribution in [0.1, 0.15) is 50.3 Å². The number of hydrogen-bond acceptors (Lipinski definition) is 6. The highest BCUT2D eigenvalue weighted by molar-refractivity contribution is 6.00. The third-order valence-electron chi connectivity index (χ3n) is 7.91. The van der Waals surface area contributed by atoms with E-state index in [0.29, 0.717) is 32.5 Å². The number of anilines is 1. The fraction of sp³-hybridized carbons (Fsp3) is 0.400. The fourth-order valence-corrected chi connectivity index (χ4v) is 5.51. The maximum Gasteiger partial charge on any atom is 0.315 e. The molecule has 10 heteroatoms. The van der Waals surface area contributed by atoms with Crippen LogP contribution in [0.5, 0.6) is 0 Å². The van der Waals surface area contributed by atoms with E-state index in [9.17, 15) is 19.5 Å². The van der Waals surface area contributed by atoms with Gasteiger partial charge in [0.25, 0.3) is 0 Å². The topological polar surface area (TPSA) is 143 Å². The largest absolute Gasteiger partial charge is 0.394 e. The maximum absolute atomic E-state index is 14.0. The minimum atomic E-state index is -0.914. The Labute approximate surface area is 265 Å². The van der Waals surface area contributed by atoms with Crippen LogP contribution in [0.3, 0.4) is 0 Å². The molecule has 0 saturated heterocycles. The molecule has 2 atom stereocenters. The van der Waals surface area contributed by atoms with Crippen LogP contribution in [-0.2, 0) is 29.1 Å². The summed E-state index contributed by atoms with van der Waals surface area (Å²) in [6.07, 6.45) is 0.314. The number of carbonyl (C=O) groups is 3. The van der Waals surface area contributed by atoms with Crippen molar-refractivity contribution in [1.82, 2.24) is 21.3 Å². The SMILES string of the molecule is CCNC(=O)NCc1ccccc1-c1ccc(CN2C(=O)[C@H](NC(=O)CC(C)(C)NC[C@H](O)CO)CCc3ccccc32)cc1. The number of carbonyl (C=O) groups excluding carboxylic acids is 3. The summed E-state index contributed by atoms with van der Waals surface area (Å²) in [4.78, 5) is 40.8. The number of aryl methyl sites for hydroxylation is 1. The average Bonchev–Trinajstić information content (AvgIpc) is 3.15. The molecule has 1 heterocycles. The summed E-state index contributed by atoms with van der Waals surface area (Å²) in [5, 5.41) is 30.5. The molecule has 10 nitrogen and oxygen atoms in total. The molecule has 0 bridgehead atoms. The predicted molar refractivity (Wildman–Crippen MR) is 175 cm³/mol. The van der Waals surface area contributed by atoms with Crippen molar-refractivity contribution in [3.05, 3.63) is 89.5 Å². The zero-order valence-electron chi connectivity index (χ0n) is 26.3. The Morgan fingerprint density at radius 1 is 1.00 bits per heavy atom. The molecule has 240 valence electrons. The first-order chi connectivity index (χ1) is 21.6. The van der Waals surface area contributed by atoms with Gasteiger partial charge in [-0.05, 0) is 67.5 Å². The number of aliphatic hydroxyl groups is 2. The molecule has 0 aliphatic carbocycles. The summed E-state index contributed by atoms with van der Waals surface area (Å²) in [6.45, 7) is 6.64. The van der Waals surface area contributed by atoms with Gasteiger partial charge >= 0.3 is 6.03 Å². The van der Waals surface area contributed by atoms with Gasteiger partial charge in [-0.25, -0.2) is 4.79 Å². The van der Waals surface area contributed by atoms with Gasteiger partial charge in [0.1, 0.15) is 6.04 Å². The van der Waals surface area contributed by atoms with Crippen molar-refractivity contribution < 1.29 is 24.6 Å². The van der Waals surface area contributed by atoms with Crippen molar-refractivity contribution in [1.29, 1.82) is 0 Å². The van der Waals surface area contributed by atoms with Crippen LogP contribution < -0.4 is 26.2 Å². The molecule has 0 spiro atoms. The Hall–Kier alpha value is -4.25. The van der Waals surface area contributed by atoms with E-state index in [1.54, 1.807) is 4.90 Å². The Morgan fingerprint density at radius 3 is 2.44 bits per heavy atom. The first-order valence-corrected chi connectivity index (χ1v) is 15.5. The quantitative estimate of drug-likeness (QED) is 0.174. The molecule has 3 aromatic rings. The van der Waals surface area contributed by atoms with Gasteiger partial charge in [-0.1, -0.05) is 66.7 Å². The lowest BCUT2D eigenvalue weighted by Gasteiger charge is -2.29.